The summed E-state index contributed by atoms with van der Waals surface area (Å²) in [5, 5.41) is 8.71. The first kappa shape index (κ1) is 23.5. The first-order valence-corrected chi connectivity index (χ1v) is 11.6. The third-order valence-corrected chi connectivity index (χ3v) is 6.32. The van der Waals surface area contributed by atoms with Gasteiger partial charge < -0.3 is 19.5 Å². The van der Waals surface area contributed by atoms with E-state index in [1.54, 1.807) is 6.07 Å². The van der Waals surface area contributed by atoms with E-state index in [0.29, 0.717) is 36.4 Å². The first-order chi connectivity index (χ1) is 13.8. The molecule has 0 saturated heterocycles. The van der Waals surface area contributed by atoms with Crippen molar-refractivity contribution in [1.82, 2.24) is 5.32 Å². The number of methoxy groups -OCH3 is 1. The SMILES string of the molecule is CCOc1ccccc1OCCN[C@H](C)Cc1ccc(OC)c(S(N)(=O)=O)c1Br. The molecular formula is C20H27BrN2O5S. The minimum atomic E-state index is -3.92. The maximum absolute atomic E-state index is 11.9. The van der Waals surface area contributed by atoms with Crippen molar-refractivity contribution in [3.05, 3.63) is 46.4 Å². The molecular weight excluding hydrogens is 460 g/mol. The van der Waals surface area contributed by atoms with E-state index < -0.39 is 10.0 Å². The van der Waals surface area contributed by atoms with Crippen LogP contribution in [-0.4, -0.2) is 41.3 Å². The van der Waals surface area contributed by atoms with Gasteiger partial charge in [0, 0.05) is 17.1 Å². The molecule has 0 aromatic heterocycles. The Morgan fingerprint density at radius 1 is 1.10 bits per heavy atom. The molecule has 1 atom stereocenters. The highest BCUT2D eigenvalue weighted by molar-refractivity contribution is 9.10. The minimum absolute atomic E-state index is 0.0411. The summed E-state index contributed by atoms with van der Waals surface area (Å²) in [6, 6.07) is 11.1. The molecule has 0 spiro atoms. The summed E-state index contributed by atoms with van der Waals surface area (Å²) in [5.74, 6) is 1.64. The van der Waals surface area contributed by atoms with E-state index in [1.807, 2.05) is 44.2 Å². The second kappa shape index (κ2) is 10.8. The molecule has 160 valence electrons. The van der Waals surface area contributed by atoms with Gasteiger partial charge in [-0.25, -0.2) is 13.6 Å². The van der Waals surface area contributed by atoms with E-state index in [4.69, 9.17) is 19.3 Å². The van der Waals surface area contributed by atoms with Crippen LogP contribution in [-0.2, 0) is 16.4 Å². The number of rotatable bonds is 11. The van der Waals surface area contributed by atoms with Gasteiger partial charge in [-0.05, 0) is 60.0 Å². The van der Waals surface area contributed by atoms with Crippen molar-refractivity contribution in [3.63, 3.8) is 0 Å². The average Bonchev–Trinajstić information content (AvgIpc) is 2.67. The first-order valence-electron chi connectivity index (χ1n) is 9.24. The lowest BCUT2D eigenvalue weighted by Crippen LogP contribution is -2.32. The molecule has 2 aromatic rings. The molecule has 0 radical (unpaired) electrons. The molecule has 0 bridgehead atoms. The highest BCUT2D eigenvalue weighted by atomic mass is 79.9. The van der Waals surface area contributed by atoms with Crippen molar-refractivity contribution in [2.24, 2.45) is 5.14 Å². The summed E-state index contributed by atoms with van der Waals surface area (Å²) < 4.78 is 40.7. The van der Waals surface area contributed by atoms with Crippen LogP contribution in [0.4, 0.5) is 0 Å². The fourth-order valence-electron chi connectivity index (χ4n) is 2.88. The van der Waals surface area contributed by atoms with Gasteiger partial charge in [0.05, 0.1) is 13.7 Å². The van der Waals surface area contributed by atoms with Gasteiger partial charge in [0.25, 0.3) is 0 Å². The molecule has 29 heavy (non-hydrogen) atoms. The van der Waals surface area contributed by atoms with E-state index >= 15 is 0 Å². The van der Waals surface area contributed by atoms with Crippen LogP contribution < -0.4 is 24.7 Å². The molecule has 0 heterocycles. The lowest BCUT2D eigenvalue weighted by atomic mass is 10.1. The highest BCUT2D eigenvalue weighted by Gasteiger charge is 2.22. The Bertz CT molecular complexity index is 921. The largest absolute Gasteiger partial charge is 0.495 e. The zero-order valence-corrected chi connectivity index (χ0v) is 19.2. The van der Waals surface area contributed by atoms with Crippen LogP contribution in [0, 0.1) is 0 Å². The second-order valence-corrected chi connectivity index (χ2v) is 8.69. The van der Waals surface area contributed by atoms with Gasteiger partial charge in [-0.3, -0.25) is 0 Å². The van der Waals surface area contributed by atoms with E-state index in [1.165, 1.54) is 7.11 Å². The molecule has 0 aliphatic heterocycles. The number of primary sulfonamides is 1. The van der Waals surface area contributed by atoms with Crippen molar-refractivity contribution in [3.8, 4) is 17.2 Å². The molecule has 0 amide bonds. The number of para-hydroxylation sites is 2. The standard InChI is InChI=1S/C20H27BrN2O5S/c1-4-27-16-7-5-6-8-17(16)28-12-11-23-14(2)13-15-9-10-18(26-3)20(19(15)21)29(22,24)25/h5-10,14,23H,4,11-13H2,1-3H3,(H2,22,24,25)/t14-/m1/s1. The summed E-state index contributed by atoms with van der Waals surface area (Å²) in [4.78, 5) is -0.0411. The van der Waals surface area contributed by atoms with Crippen LogP contribution in [0.5, 0.6) is 17.2 Å². The van der Waals surface area contributed by atoms with E-state index in [2.05, 4.69) is 21.2 Å². The van der Waals surface area contributed by atoms with Crippen LogP contribution in [0.3, 0.4) is 0 Å². The van der Waals surface area contributed by atoms with E-state index in [-0.39, 0.29) is 16.7 Å². The molecule has 0 aliphatic rings. The number of hydrogen-bond acceptors (Lipinski definition) is 6. The van der Waals surface area contributed by atoms with Crippen molar-refractivity contribution in [2.45, 2.75) is 31.2 Å². The smallest absolute Gasteiger partial charge is 0.242 e. The zero-order chi connectivity index (χ0) is 21.4. The Morgan fingerprint density at radius 3 is 2.34 bits per heavy atom. The second-order valence-electron chi connectivity index (χ2n) is 6.40. The summed E-state index contributed by atoms with van der Waals surface area (Å²) in [6.45, 7) is 5.62. The Kier molecular flexibility index (Phi) is 8.76. The van der Waals surface area contributed by atoms with E-state index in [9.17, 15) is 8.42 Å². The van der Waals surface area contributed by atoms with Gasteiger partial charge >= 0.3 is 0 Å². The summed E-state index contributed by atoms with van der Waals surface area (Å²) in [6.07, 6.45) is 0.600. The maximum Gasteiger partial charge on any atom is 0.242 e. The third kappa shape index (κ3) is 6.60. The molecule has 0 fully saturated rings. The van der Waals surface area contributed by atoms with Gasteiger partial charge in [0.2, 0.25) is 10.0 Å². The number of nitrogens with one attached hydrogen (secondary N) is 1. The predicted molar refractivity (Wildman–Crippen MR) is 116 cm³/mol. The van der Waals surface area contributed by atoms with Gasteiger partial charge in [-0.1, -0.05) is 18.2 Å². The highest BCUT2D eigenvalue weighted by Crippen LogP contribution is 2.34. The van der Waals surface area contributed by atoms with Crippen molar-refractivity contribution in [2.75, 3.05) is 26.9 Å². The summed E-state index contributed by atoms with van der Waals surface area (Å²) >= 11 is 3.37. The Labute approximate surface area is 180 Å². The molecule has 0 aliphatic carbocycles. The molecule has 2 aromatic carbocycles. The van der Waals surface area contributed by atoms with Crippen LogP contribution in [0.2, 0.25) is 0 Å². The van der Waals surface area contributed by atoms with Crippen molar-refractivity contribution < 1.29 is 22.6 Å². The Hall–Kier alpha value is -1.81. The Morgan fingerprint density at radius 2 is 1.76 bits per heavy atom. The lowest BCUT2D eigenvalue weighted by Gasteiger charge is -2.18. The minimum Gasteiger partial charge on any atom is -0.495 e. The molecule has 0 unspecified atom stereocenters. The van der Waals surface area contributed by atoms with Gasteiger partial charge in [-0.15, -0.1) is 0 Å². The van der Waals surface area contributed by atoms with Crippen LogP contribution in [0.15, 0.2) is 45.8 Å². The van der Waals surface area contributed by atoms with Crippen molar-refractivity contribution in [1.29, 1.82) is 0 Å². The van der Waals surface area contributed by atoms with Gasteiger partial charge in [-0.2, -0.15) is 0 Å². The van der Waals surface area contributed by atoms with E-state index in [0.717, 1.165) is 11.3 Å². The normalized spacial score (nSPS) is 12.4. The average molecular weight is 487 g/mol. The number of benzene rings is 2. The molecule has 9 heteroatoms. The number of halogens is 1. The summed E-state index contributed by atoms with van der Waals surface area (Å²) in [7, 11) is -2.51. The van der Waals surface area contributed by atoms with Crippen LogP contribution in [0.25, 0.3) is 0 Å². The predicted octanol–water partition coefficient (Wildman–Crippen LogP) is 3.10. The number of sulfonamides is 1. The molecule has 3 N–H and O–H groups in total. The Balaban J connectivity index is 1.94. The maximum atomic E-state index is 11.9. The third-order valence-electron chi connectivity index (χ3n) is 4.17. The van der Waals surface area contributed by atoms with Crippen LogP contribution in [0.1, 0.15) is 19.4 Å². The monoisotopic (exact) mass is 486 g/mol. The lowest BCUT2D eigenvalue weighted by molar-refractivity contribution is 0.272. The van der Waals surface area contributed by atoms with Gasteiger partial charge in [0.15, 0.2) is 11.5 Å². The fraction of sp³-hybridized carbons (Fsp3) is 0.400. The quantitative estimate of drug-likeness (QED) is 0.473. The molecule has 7 nitrogen and oxygen atoms in total. The van der Waals surface area contributed by atoms with Gasteiger partial charge in [0.1, 0.15) is 17.3 Å². The zero-order valence-electron chi connectivity index (χ0n) is 16.8. The topological polar surface area (TPSA) is 99.9 Å². The van der Waals surface area contributed by atoms with Crippen molar-refractivity contribution >= 4 is 26.0 Å². The molecule has 2 rings (SSSR count). The number of ether oxygens (including phenoxy) is 3. The fourth-order valence-corrected chi connectivity index (χ4v) is 4.85. The number of nitrogens with two attached hydrogens (primary N) is 1. The summed E-state index contributed by atoms with van der Waals surface area (Å²) in [5.41, 5.74) is 0.817. The number of hydrogen-bond donors (Lipinski definition) is 2. The van der Waals surface area contributed by atoms with Crippen LogP contribution >= 0.6 is 15.9 Å². The molecule has 0 saturated carbocycles.